The fraction of sp³-hybridized carbons (Fsp3) is 0.438. The Balaban J connectivity index is 1.48. The average molecular weight is 375 g/mol. The van der Waals surface area contributed by atoms with E-state index in [1.54, 1.807) is 11.0 Å². The van der Waals surface area contributed by atoms with E-state index in [2.05, 4.69) is 31.4 Å². The zero-order valence-corrected chi connectivity index (χ0v) is 15.5. The van der Waals surface area contributed by atoms with E-state index in [1.807, 2.05) is 31.2 Å². The number of tetrazole rings is 1. The molecule has 0 bridgehead atoms. The van der Waals surface area contributed by atoms with Crippen molar-refractivity contribution in [2.24, 2.45) is 5.10 Å². The Hall–Kier alpha value is -2.43. The van der Waals surface area contributed by atoms with Crippen LogP contribution in [0.2, 0.25) is 0 Å². The van der Waals surface area contributed by atoms with Crippen molar-refractivity contribution in [1.29, 1.82) is 0 Å². The Morgan fingerprint density at radius 1 is 1.38 bits per heavy atom. The summed E-state index contributed by atoms with van der Waals surface area (Å²) in [6.45, 7) is 7.53. The first kappa shape index (κ1) is 18.4. The van der Waals surface area contributed by atoms with Crippen molar-refractivity contribution in [3.63, 3.8) is 0 Å². The fourth-order valence-corrected chi connectivity index (χ4v) is 2.80. The maximum Gasteiger partial charge on any atom is 0.187 e. The second-order valence-corrected chi connectivity index (χ2v) is 6.39. The summed E-state index contributed by atoms with van der Waals surface area (Å²) in [6, 6.07) is 7.82. The van der Waals surface area contributed by atoms with Gasteiger partial charge in [0.2, 0.25) is 0 Å². The monoisotopic (exact) mass is 375 g/mol. The lowest BCUT2D eigenvalue weighted by molar-refractivity contribution is -0.906. The second-order valence-electron chi connectivity index (χ2n) is 5.98. The largest absolute Gasteiger partial charge is 0.370 e. The van der Waals surface area contributed by atoms with Crippen molar-refractivity contribution >= 4 is 23.0 Å². The molecule has 10 heteroatoms. The molecule has 0 amide bonds. The molecule has 3 N–H and O–H groups in total. The van der Waals surface area contributed by atoms with Crippen molar-refractivity contribution in [3.05, 3.63) is 36.2 Å². The molecule has 0 saturated carbocycles. The number of ether oxygens (including phenoxy) is 1. The Morgan fingerprint density at radius 3 is 3.00 bits per heavy atom. The van der Waals surface area contributed by atoms with Gasteiger partial charge in [-0.2, -0.15) is 5.10 Å². The van der Waals surface area contributed by atoms with Gasteiger partial charge in [-0.15, -0.1) is 5.10 Å². The molecule has 9 nitrogen and oxygen atoms in total. The molecule has 1 aromatic carbocycles. The van der Waals surface area contributed by atoms with Gasteiger partial charge in [0.15, 0.2) is 5.11 Å². The molecule has 1 saturated heterocycles. The van der Waals surface area contributed by atoms with Crippen molar-refractivity contribution in [1.82, 2.24) is 30.9 Å². The molecular formula is C16H23N8OS+. The summed E-state index contributed by atoms with van der Waals surface area (Å²) in [5.41, 5.74) is 5.56. The molecule has 0 aliphatic carbocycles. The number of thiocarbonyl (C=S) groups is 1. The van der Waals surface area contributed by atoms with Gasteiger partial charge in [0.05, 0.1) is 37.7 Å². The van der Waals surface area contributed by atoms with Gasteiger partial charge < -0.3 is 15.0 Å². The molecule has 3 rings (SSSR count). The smallest absolute Gasteiger partial charge is 0.187 e. The maximum atomic E-state index is 5.36. The first-order chi connectivity index (χ1) is 12.7. The second kappa shape index (κ2) is 9.32. The fourth-order valence-electron chi connectivity index (χ4n) is 2.65. The topological polar surface area (TPSA) is 93.7 Å². The predicted octanol–water partition coefficient (Wildman–Crippen LogP) is -1.23. The third-order valence-electron chi connectivity index (χ3n) is 4.17. The first-order valence-corrected chi connectivity index (χ1v) is 8.96. The van der Waals surface area contributed by atoms with Crippen molar-refractivity contribution in [3.8, 4) is 5.69 Å². The highest BCUT2D eigenvalue weighted by Crippen LogP contribution is 2.09. The number of aromatic nitrogens is 4. The van der Waals surface area contributed by atoms with Crippen LogP contribution in [0.1, 0.15) is 12.5 Å². The molecule has 26 heavy (non-hydrogen) atoms. The summed E-state index contributed by atoms with van der Waals surface area (Å²) in [5, 5.41) is 19.3. The van der Waals surface area contributed by atoms with E-state index in [0.717, 1.165) is 56.4 Å². The zero-order valence-electron chi connectivity index (χ0n) is 14.7. The van der Waals surface area contributed by atoms with Crippen LogP contribution in [-0.2, 0) is 4.74 Å². The van der Waals surface area contributed by atoms with E-state index in [4.69, 9.17) is 17.0 Å². The van der Waals surface area contributed by atoms with E-state index in [9.17, 15) is 0 Å². The van der Waals surface area contributed by atoms with Gasteiger partial charge in [0.1, 0.15) is 19.4 Å². The van der Waals surface area contributed by atoms with Crippen LogP contribution in [0.3, 0.4) is 0 Å². The quantitative estimate of drug-likeness (QED) is 0.331. The summed E-state index contributed by atoms with van der Waals surface area (Å²) in [7, 11) is 0. The van der Waals surface area contributed by atoms with Crippen molar-refractivity contribution in [2.45, 2.75) is 6.92 Å². The molecule has 138 valence electrons. The summed E-state index contributed by atoms with van der Waals surface area (Å²) < 4.78 is 6.96. The molecule has 0 radical (unpaired) electrons. The number of hydrogen-bond acceptors (Lipinski definition) is 6. The van der Waals surface area contributed by atoms with Crippen LogP contribution in [0, 0.1) is 0 Å². The number of benzene rings is 1. The number of hydrazone groups is 1. The minimum Gasteiger partial charge on any atom is -0.370 e. The van der Waals surface area contributed by atoms with Crippen LogP contribution in [0.5, 0.6) is 0 Å². The number of morpholine rings is 1. The summed E-state index contributed by atoms with van der Waals surface area (Å²) in [5.74, 6) is 0. The molecule has 1 aromatic heterocycles. The van der Waals surface area contributed by atoms with E-state index in [0.29, 0.717) is 5.11 Å². The number of rotatable bonds is 6. The zero-order chi connectivity index (χ0) is 18.2. The van der Waals surface area contributed by atoms with E-state index >= 15 is 0 Å². The van der Waals surface area contributed by atoms with E-state index < -0.39 is 0 Å². The minimum atomic E-state index is 0.522. The molecule has 2 heterocycles. The van der Waals surface area contributed by atoms with Crippen LogP contribution < -0.4 is 15.6 Å². The van der Waals surface area contributed by atoms with Crippen LogP contribution in [-0.4, -0.2) is 70.4 Å². The number of nitrogens with one attached hydrogen (secondary N) is 3. The van der Waals surface area contributed by atoms with Crippen molar-refractivity contribution < 1.29 is 9.64 Å². The Kier molecular flexibility index (Phi) is 6.58. The van der Waals surface area contributed by atoms with E-state index in [-0.39, 0.29) is 0 Å². The standard InChI is InChI=1S/C16H22N8OS/c1-13(14-3-2-4-15(11-14)24-12-18-21-22-24)19-20-16(26)17-5-6-23-7-9-25-10-8-23/h2-4,11-12H,5-10H2,1H3,(H2,17,20,26)/p+1/b19-13-. The van der Waals surface area contributed by atoms with E-state index in [1.165, 1.54) is 4.90 Å². The van der Waals surface area contributed by atoms with Crippen LogP contribution in [0.4, 0.5) is 0 Å². The van der Waals surface area contributed by atoms with Gasteiger partial charge in [0, 0.05) is 0 Å². The van der Waals surface area contributed by atoms with Gasteiger partial charge in [-0.25, -0.2) is 4.68 Å². The first-order valence-electron chi connectivity index (χ1n) is 8.55. The molecule has 1 aliphatic heterocycles. The van der Waals surface area contributed by atoms with Gasteiger partial charge >= 0.3 is 0 Å². The maximum absolute atomic E-state index is 5.36. The molecule has 0 spiro atoms. The molecule has 1 fully saturated rings. The lowest BCUT2D eigenvalue weighted by Gasteiger charge is -2.23. The van der Waals surface area contributed by atoms with Crippen LogP contribution >= 0.6 is 12.2 Å². The minimum absolute atomic E-state index is 0.522. The summed E-state index contributed by atoms with van der Waals surface area (Å²) >= 11 is 5.29. The predicted molar refractivity (Wildman–Crippen MR) is 101 cm³/mol. The highest BCUT2D eigenvalue weighted by atomic mass is 32.1. The highest BCUT2D eigenvalue weighted by molar-refractivity contribution is 7.80. The molecule has 1 aliphatic rings. The lowest BCUT2D eigenvalue weighted by Crippen LogP contribution is -3.14. The van der Waals surface area contributed by atoms with Gasteiger partial charge in [-0.1, -0.05) is 12.1 Å². The molecular weight excluding hydrogens is 352 g/mol. The van der Waals surface area contributed by atoms with Crippen LogP contribution in [0.15, 0.2) is 35.7 Å². The normalized spacial score (nSPS) is 15.7. The Morgan fingerprint density at radius 2 is 2.23 bits per heavy atom. The highest BCUT2D eigenvalue weighted by Gasteiger charge is 2.12. The number of quaternary nitrogens is 1. The SMILES string of the molecule is C/C(=N/NC(=S)NCC[NH+]1CCOCC1)c1cccc(-n2cnnn2)c1. The van der Waals surface area contributed by atoms with Crippen molar-refractivity contribution in [2.75, 3.05) is 39.4 Å². The Bertz CT molecular complexity index is 742. The van der Waals surface area contributed by atoms with Crippen LogP contribution in [0.25, 0.3) is 5.69 Å². The Labute approximate surface area is 157 Å². The van der Waals surface area contributed by atoms with Gasteiger partial charge in [-0.05, 0) is 47.3 Å². The van der Waals surface area contributed by atoms with Gasteiger partial charge in [0.25, 0.3) is 0 Å². The summed E-state index contributed by atoms with van der Waals surface area (Å²) in [4.78, 5) is 1.53. The molecule has 2 aromatic rings. The summed E-state index contributed by atoms with van der Waals surface area (Å²) in [6.07, 6.45) is 1.55. The number of nitrogens with zero attached hydrogens (tertiary/aromatic N) is 5. The lowest BCUT2D eigenvalue weighted by atomic mass is 10.1. The van der Waals surface area contributed by atoms with Gasteiger partial charge in [-0.3, -0.25) is 5.43 Å². The third-order valence-corrected chi connectivity index (χ3v) is 4.40. The molecule has 0 atom stereocenters. The molecule has 0 unspecified atom stereocenters. The number of hydrogen-bond donors (Lipinski definition) is 3. The average Bonchev–Trinajstić information content (AvgIpc) is 3.22. The third kappa shape index (κ3) is 5.28.